The third-order valence-electron chi connectivity index (χ3n) is 4.98. The monoisotopic (exact) mass is 426 g/mol. The number of nitrogens with zero attached hydrogens (tertiary/aromatic N) is 1. The number of ether oxygens (including phenoxy) is 4. The summed E-state index contributed by atoms with van der Waals surface area (Å²) in [5, 5.41) is 3.31. The van der Waals surface area contributed by atoms with Gasteiger partial charge in [0.2, 0.25) is 0 Å². The van der Waals surface area contributed by atoms with E-state index in [0.717, 1.165) is 37.3 Å². The highest BCUT2D eigenvalue weighted by molar-refractivity contribution is 5.54. The van der Waals surface area contributed by atoms with Gasteiger partial charge in [0.1, 0.15) is 11.5 Å². The van der Waals surface area contributed by atoms with Gasteiger partial charge >= 0.3 is 6.36 Å². The molecule has 0 spiro atoms. The van der Waals surface area contributed by atoms with Gasteiger partial charge in [0, 0.05) is 37.8 Å². The average Bonchev–Trinajstić information content (AvgIpc) is 2.74. The molecule has 0 aromatic heterocycles. The molecule has 6 nitrogen and oxygen atoms in total. The minimum absolute atomic E-state index is 0.248. The number of nitrogens with one attached hydrogen (secondary N) is 1. The largest absolute Gasteiger partial charge is 0.573 e. The van der Waals surface area contributed by atoms with Crippen LogP contribution >= 0.6 is 0 Å². The van der Waals surface area contributed by atoms with Gasteiger partial charge in [-0.05, 0) is 23.8 Å². The predicted octanol–water partition coefficient (Wildman–Crippen LogP) is 3.61. The highest BCUT2D eigenvalue weighted by atomic mass is 19.4. The van der Waals surface area contributed by atoms with Crippen LogP contribution in [-0.4, -0.2) is 58.8 Å². The number of alkyl halides is 3. The lowest BCUT2D eigenvalue weighted by atomic mass is 9.95. The van der Waals surface area contributed by atoms with Crippen LogP contribution in [0.2, 0.25) is 0 Å². The second-order valence-electron chi connectivity index (χ2n) is 6.75. The van der Waals surface area contributed by atoms with Crippen molar-refractivity contribution in [3.8, 4) is 23.0 Å². The van der Waals surface area contributed by atoms with Gasteiger partial charge in [-0.1, -0.05) is 12.1 Å². The van der Waals surface area contributed by atoms with Gasteiger partial charge in [0.25, 0.3) is 0 Å². The van der Waals surface area contributed by atoms with Gasteiger partial charge in [-0.3, -0.25) is 4.90 Å². The first kappa shape index (κ1) is 22.0. The van der Waals surface area contributed by atoms with Crippen molar-refractivity contribution >= 4 is 0 Å². The molecule has 1 saturated heterocycles. The molecule has 164 valence electrons. The Labute approximate surface area is 173 Å². The molecule has 1 aliphatic rings. The molecular formula is C21H25F3N2O4. The van der Waals surface area contributed by atoms with Crippen molar-refractivity contribution in [3.05, 3.63) is 47.5 Å². The van der Waals surface area contributed by atoms with E-state index in [0.29, 0.717) is 17.2 Å². The smallest absolute Gasteiger partial charge is 0.496 e. The maximum Gasteiger partial charge on any atom is 0.573 e. The molecule has 0 aliphatic carbocycles. The minimum atomic E-state index is -4.73. The third-order valence-corrected chi connectivity index (χ3v) is 4.98. The Morgan fingerprint density at radius 1 is 0.867 bits per heavy atom. The van der Waals surface area contributed by atoms with Crippen LogP contribution < -0.4 is 24.3 Å². The summed E-state index contributed by atoms with van der Waals surface area (Å²) in [5.74, 6) is 1.42. The summed E-state index contributed by atoms with van der Waals surface area (Å²) in [4.78, 5) is 2.25. The second kappa shape index (κ2) is 9.44. The molecule has 1 N–H and O–H groups in total. The van der Waals surface area contributed by atoms with Crippen LogP contribution in [0.5, 0.6) is 23.0 Å². The molecule has 9 heteroatoms. The molecule has 2 aromatic carbocycles. The van der Waals surface area contributed by atoms with Crippen molar-refractivity contribution in [1.29, 1.82) is 0 Å². The normalized spacial score (nSPS) is 16.1. The van der Waals surface area contributed by atoms with Gasteiger partial charge in [-0.15, -0.1) is 13.2 Å². The van der Waals surface area contributed by atoms with Crippen molar-refractivity contribution in [3.63, 3.8) is 0 Å². The van der Waals surface area contributed by atoms with Crippen molar-refractivity contribution < 1.29 is 32.1 Å². The zero-order valence-corrected chi connectivity index (χ0v) is 17.1. The first-order valence-corrected chi connectivity index (χ1v) is 9.46. The van der Waals surface area contributed by atoms with Gasteiger partial charge in [0.15, 0.2) is 11.5 Å². The first-order valence-electron chi connectivity index (χ1n) is 9.46. The Morgan fingerprint density at radius 3 is 1.97 bits per heavy atom. The molecule has 1 atom stereocenters. The quantitative estimate of drug-likeness (QED) is 0.730. The van der Waals surface area contributed by atoms with E-state index in [2.05, 4.69) is 15.0 Å². The lowest BCUT2D eigenvalue weighted by Crippen LogP contribution is -2.45. The third kappa shape index (κ3) is 5.09. The van der Waals surface area contributed by atoms with Crippen LogP contribution in [0.25, 0.3) is 0 Å². The highest BCUT2D eigenvalue weighted by Gasteiger charge is 2.32. The first-order chi connectivity index (χ1) is 14.4. The second-order valence-corrected chi connectivity index (χ2v) is 6.75. The van der Waals surface area contributed by atoms with E-state index in [9.17, 15) is 13.2 Å². The van der Waals surface area contributed by atoms with E-state index in [1.54, 1.807) is 39.5 Å². The van der Waals surface area contributed by atoms with Crippen LogP contribution in [0.3, 0.4) is 0 Å². The maximum absolute atomic E-state index is 12.5. The standard InChI is InChI=1S/C21H25F3N2O4/c1-27-17-13-19(29-3)18(28-2)12-16(17)20(26-10-8-25-9-11-26)14-4-6-15(7-5-14)30-21(22,23)24/h4-7,12-13,20,25H,8-11H2,1-3H3/t20-/m0/s1. The predicted molar refractivity (Wildman–Crippen MR) is 106 cm³/mol. The number of halogens is 3. The number of piperazine rings is 1. The maximum atomic E-state index is 12.5. The average molecular weight is 426 g/mol. The van der Waals surface area contributed by atoms with Crippen molar-refractivity contribution in [2.45, 2.75) is 12.4 Å². The summed E-state index contributed by atoms with van der Waals surface area (Å²) in [7, 11) is 4.67. The lowest BCUT2D eigenvalue weighted by molar-refractivity contribution is -0.274. The Kier molecular flexibility index (Phi) is 6.94. The van der Waals surface area contributed by atoms with E-state index in [-0.39, 0.29) is 11.8 Å². The van der Waals surface area contributed by atoms with Crippen molar-refractivity contribution in [1.82, 2.24) is 10.2 Å². The SMILES string of the molecule is COc1cc(OC)c([C@H](c2ccc(OC(F)(F)F)cc2)N2CCNCC2)cc1OC. The summed E-state index contributed by atoms with van der Waals surface area (Å²) in [6, 6.07) is 9.29. The topological polar surface area (TPSA) is 52.2 Å². The fraction of sp³-hybridized carbons (Fsp3) is 0.429. The summed E-state index contributed by atoms with van der Waals surface area (Å²) in [6.07, 6.45) is -4.73. The van der Waals surface area contributed by atoms with Crippen LogP contribution in [-0.2, 0) is 0 Å². The van der Waals surface area contributed by atoms with Gasteiger partial charge in [-0.25, -0.2) is 0 Å². The molecule has 0 saturated carbocycles. The molecule has 1 fully saturated rings. The van der Waals surface area contributed by atoms with E-state index < -0.39 is 6.36 Å². The molecule has 3 rings (SSSR count). The number of rotatable bonds is 7. The van der Waals surface area contributed by atoms with Gasteiger partial charge in [-0.2, -0.15) is 0 Å². The molecule has 0 amide bonds. The van der Waals surface area contributed by atoms with E-state index in [1.807, 2.05) is 6.07 Å². The Bertz CT molecular complexity index is 837. The van der Waals surface area contributed by atoms with Crippen molar-refractivity contribution in [2.24, 2.45) is 0 Å². The van der Waals surface area contributed by atoms with Gasteiger partial charge in [0.05, 0.1) is 27.4 Å². The van der Waals surface area contributed by atoms with Crippen LogP contribution in [0, 0.1) is 0 Å². The van der Waals surface area contributed by atoms with Gasteiger partial charge < -0.3 is 24.3 Å². The van der Waals surface area contributed by atoms with Crippen molar-refractivity contribution in [2.75, 3.05) is 47.5 Å². The zero-order chi connectivity index (χ0) is 21.7. The van der Waals surface area contributed by atoms with E-state index in [4.69, 9.17) is 14.2 Å². The van der Waals surface area contributed by atoms with Crippen LogP contribution in [0.4, 0.5) is 13.2 Å². The fourth-order valence-electron chi connectivity index (χ4n) is 3.65. The van der Waals surface area contributed by atoms with E-state index in [1.165, 1.54) is 12.1 Å². The summed E-state index contributed by atoms with van der Waals surface area (Å²) in [5.41, 5.74) is 1.65. The molecule has 0 bridgehead atoms. The van der Waals surface area contributed by atoms with E-state index >= 15 is 0 Å². The lowest BCUT2D eigenvalue weighted by Gasteiger charge is -2.36. The summed E-state index contributed by atoms with van der Waals surface area (Å²) < 4.78 is 58.1. The van der Waals surface area contributed by atoms with Crippen LogP contribution in [0.15, 0.2) is 36.4 Å². The number of hydrogen-bond donors (Lipinski definition) is 1. The molecule has 1 aliphatic heterocycles. The number of hydrogen-bond acceptors (Lipinski definition) is 6. The molecular weight excluding hydrogens is 401 g/mol. The molecule has 0 unspecified atom stereocenters. The minimum Gasteiger partial charge on any atom is -0.496 e. The van der Waals surface area contributed by atoms with Crippen LogP contribution in [0.1, 0.15) is 17.2 Å². The Balaban J connectivity index is 2.05. The molecule has 1 heterocycles. The Hall–Kier alpha value is -2.65. The molecule has 30 heavy (non-hydrogen) atoms. The zero-order valence-electron chi connectivity index (χ0n) is 17.1. The Morgan fingerprint density at radius 2 is 1.43 bits per heavy atom. The number of benzene rings is 2. The fourth-order valence-corrected chi connectivity index (χ4v) is 3.65. The molecule has 0 radical (unpaired) electrons. The highest BCUT2D eigenvalue weighted by Crippen LogP contribution is 2.42. The number of methoxy groups -OCH3 is 3. The molecule has 2 aromatic rings. The summed E-state index contributed by atoms with van der Waals surface area (Å²) in [6.45, 7) is 3.15. The summed E-state index contributed by atoms with van der Waals surface area (Å²) >= 11 is 0.